The van der Waals surface area contributed by atoms with Gasteiger partial charge in [-0.05, 0) is 50.1 Å². The van der Waals surface area contributed by atoms with Crippen molar-refractivity contribution in [3.8, 4) is 17.1 Å². The van der Waals surface area contributed by atoms with E-state index in [1.54, 1.807) is 6.92 Å². The van der Waals surface area contributed by atoms with Crippen molar-refractivity contribution in [2.75, 3.05) is 56.5 Å². The van der Waals surface area contributed by atoms with Gasteiger partial charge in [-0.1, -0.05) is 22.9 Å². The Morgan fingerprint density at radius 3 is 2.75 bits per heavy atom. The van der Waals surface area contributed by atoms with Gasteiger partial charge in [-0.3, -0.25) is 4.90 Å². The highest BCUT2D eigenvalue weighted by Crippen LogP contribution is 2.44. The van der Waals surface area contributed by atoms with Crippen LogP contribution in [0.25, 0.3) is 32.2 Å². The molecule has 0 saturated carbocycles. The van der Waals surface area contributed by atoms with Gasteiger partial charge in [0.05, 0.1) is 40.1 Å². The summed E-state index contributed by atoms with van der Waals surface area (Å²) in [6.07, 6.45) is 3.63. The lowest BCUT2D eigenvalue weighted by molar-refractivity contribution is -0.00681. The minimum absolute atomic E-state index is 0.00115. The van der Waals surface area contributed by atoms with Gasteiger partial charge in [0.1, 0.15) is 29.9 Å². The number of rotatable bonds is 5. The maximum Gasteiger partial charge on any atom is 0.344 e. The lowest BCUT2D eigenvalue weighted by atomic mass is 9.95. The molecule has 2 N–H and O–H groups in total. The number of nitrogens with zero attached hydrogens (tertiary/aromatic N) is 8. The number of fused-ring (bicyclic) bond motifs is 3. The van der Waals surface area contributed by atoms with Crippen molar-refractivity contribution < 1.29 is 31.5 Å². The molecular weight excluding hydrogens is 717 g/mol. The second-order valence-electron chi connectivity index (χ2n) is 13.4. The summed E-state index contributed by atoms with van der Waals surface area (Å²) in [4.78, 5) is 30.6. The first-order chi connectivity index (χ1) is 24.3. The Labute approximate surface area is 296 Å². The molecule has 3 aliphatic rings. The van der Waals surface area contributed by atoms with E-state index in [0.29, 0.717) is 18.5 Å². The van der Waals surface area contributed by atoms with E-state index >= 15 is 13.2 Å². The minimum atomic E-state index is -3.43. The van der Waals surface area contributed by atoms with Gasteiger partial charge in [0.25, 0.3) is 5.92 Å². The molecule has 51 heavy (non-hydrogen) atoms. The van der Waals surface area contributed by atoms with Crippen LogP contribution in [0.2, 0.25) is 5.02 Å². The van der Waals surface area contributed by atoms with Gasteiger partial charge in [0.2, 0.25) is 0 Å². The molecular formula is C33H31ClF5N9O2S. The van der Waals surface area contributed by atoms with Crippen LogP contribution >= 0.6 is 22.9 Å². The summed E-state index contributed by atoms with van der Waals surface area (Å²) in [5.74, 6) is -5.06. The molecule has 0 bridgehead atoms. The summed E-state index contributed by atoms with van der Waals surface area (Å²) in [5, 5.41) is 3.91. The minimum Gasteiger partial charge on any atom is -0.461 e. The van der Waals surface area contributed by atoms with Gasteiger partial charge >= 0.3 is 12.0 Å². The molecule has 3 fully saturated rings. The second-order valence-corrected chi connectivity index (χ2v) is 14.8. The zero-order chi connectivity index (χ0) is 35.8. The van der Waals surface area contributed by atoms with Crippen LogP contribution in [0.4, 0.5) is 37.7 Å². The normalized spacial score (nSPS) is 22.2. The number of carbonyl (C=O) groups is 1. The second kappa shape index (κ2) is 12.4. The van der Waals surface area contributed by atoms with Crippen molar-refractivity contribution in [2.24, 2.45) is 0 Å². The molecule has 8 rings (SSSR count). The summed E-state index contributed by atoms with van der Waals surface area (Å²) >= 11 is 7.63. The van der Waals surface area contributed by atoms with E-state index in [-0.39, 0.29) is 86.9 Å². The zero-order valence-electron chi connectivity index (χ0n) is 27.2. The Morgan fingerprint density at radius 2 is 1.96 bits per heavy atom. The fourth-order valence-electron chi connectivity index (χ4n) is 7.57. The smallest absolute Gasteiger partial charge is 0.344 e. The average molecular weight is 748 g/mol. The fourth-order valence-corrected chi connectivity index (χ4v) is 8.63. The number of ether oxygens (including phenoxy) is 1. The first-order valence-electron chi connectivity index (χ1n) is 16.3. The number of thiazole rings is 1. The number of anilines is 2. The van der Waals surface area contributed by atoms with E-state index in [9.17, 15) is 13.6 Å². The van der Waals surface area contributed by atoms with Crippen molar-refractivity contribution in [3.63, 3.8) is 0 Å². The number of hydrogen-bond donors (Lipinski definition) is 1. The molecule has 6 heterocycles. The molecule has 0 spiro atoms. The predicted molar refractivity (Wildman–Crippen MR) is 183 cm³/mol. The number of hydrogen-bond acceptors (Lipinski definition) is 10. The number of amides is 1. The van der Waals surface area contributed by atoms with Crippen molar-refractivity contribution in [1.82, 2.24) is 34.5 Å². The number of alkyl halides is 3. The quantitative estimate of drug-likeness (QED) is 0.207. The molecule has 3 aliphatic heterocycles. The van der Waals surface area contributed by atoms with Crippen LogP contribution in [0.15, 0.2) is 30.6 Å². The highest BCUT2D eigenvalue weighted by Gasteiger charge is 2.49. The molecule has 3 saturated heterocycles. The Bertz CT molecular complexity index is 2200. The van der Waals surface area contributed by atoms with Crippen molar-refractivity contribution in [2.45, 2.75) is 43.8 Å². The van der Waals surface area contributed by atoms with E-state index in [1.165, 1.54) is 29.4 Å². The number of benzene rings is 2. The topological polar surface area (TPSA) is 119 Å². The van der Waals surface area contributed by atoms with Gasteiger partial charge in [-0.15, -0.1) is 0 Å². The van der Waals surface area contributed by atoms with Gasteiger partial charge in [-0.2, -0.15) is 19.7 Å². The molecule has 268 valence electrons. The molecule has 5 aromatic rings. The standard InChI is InChI=1S/C33H31ClF5N9O2S/c1-17-11-41-48(12-17)31(49)46-8-7-45(14-33(38,39)15-46)28-20-9-21(34)23(19-3-4-22(36)27-26(19)42-29(40)51-27)24(37)25(20)43-30(44-28)50-16-32-5-2-6-47(32)13-18(35)10-32/h3-4,9,11-12,18H,2,5-8,10,13-16H2,1H3,(H2,40,42)/t18-,32+/m1/s1. The van der Waals surface area contributed by atoms with Crippen LogP contribution in [0, 0.1) is 18.6 Å². The number of nitrogens with two attached hydrogens (primary N) is 1. The Hall–Kier alpha value is -4.35. The lowest BCUT2D eigenvalue weighted by Gasteiger charge is -2.31. The number of aromatic nitrogens is 5. The number of aryl methyl sites for hydroxylation is 1. The Kier molecular flexibility index (Phi) is 8.22. The highest BCUT2D eigenvalue weighted by molar-refractivity contribution is 7.22. The van der Waals surface area contributed by atoms with Crippen molar-refractivity contribution in [1.29, 1.82) is 0 Å². The molecule has 2 aromatic carbocycles. The first-order valence-corrected chi connectivity index (χ1v) is 17.5. The van der Waals surface area contributed by atoms with Crippen molar-refractivity contribution >= 4 is 61.0 Å². The van der Waals surface area contributed by atoms with Gasteiger partial charge in [0, 0.05) is 48.8 Å². The monoisotopic (exact) mass is 747 g/mol. The van der Waals surface area contributed by atoms with Crippen LogP contribution in [-0.2, 0) is 0 Å². The maximum atomic E-state index is 16.9. The Balaban J connectivity index is 1.23. The highest BCUT2D eigenvalue weighted by atomic mass is 35.5. The number of halogens is 6. The third-order valence-corrected chi connectivity index (χ3v) is 11.0. The fraction of sp³-hybridized carbons (Fsp3) is 0.424. The summed E-state index contributed by atoms with van der Waals surface area (Å²) < 4.78 is 84.7. The SMILES string of the molecule is Cc1cnn(C(=O)N2CCN(c3nc(OC[C@@]45CCCN4C[C@H](F)C5)nc4c(F)c(-c5ccc(F)c6sc(N)nc56)c(Cl)cc34)CC(F)(F)C2)c1. The molecule has 2 atom stereocenters. The molecule has 11 nitrogen and oxygen atoms in total. The Morgan fingerprint density at radius 1 is 1.14 bits per heavy atom. The third kappa shape index (κ3) is 5.98. The number of carbonyl (C=O) groups excluding carboxylic acids is 1. The average Bonchev–Trinajstić information content (AvgIpc) is 3.83. The van der Waals surface area contributed by atoms with Crippen LogP contribution in [0.1, 0.15) is 24.8 Å². The summed E-state index contributed by atoms with van der Waals surface area (Å²) in [6.45, 7) is 0.665. The zero-order valence-corrected chi connectivity index (χ0v) is 28.8. The van der Waals surface area contributed by atoms with E-state index in [1.807, 2.05) is 4.90 Å². The largest absolute Gasteiger partial charge is 0.461 e. The summed E-state index contributed by atoms with van der Waals surface area (Å²) in [6, 6.07) is 2.81. The van der Waals surface area contributed by atoms with Crippen LogP contribution in [0.3, 0.4) is 0 Å². The molecule has 0 unspecified atom stereocenters. The van der Waals surface area contributed by atoms with E-state index in [2.05, 4.69) is 20.1 Å². The molecule has 3 aromatic heterocycles. The summed E-state index contributed by atoms with van der Waals surface area (Å²) in [7, 11) is 0. The van der Waals surface area contributed by atoms with E-state index in [4.69, 9.17) is 22.1 Å². The molecule has 1 amide bonds. The van der Waals surface area contributed by atoms with Crippen molar-refractivity contribution in [3.05, 3.63) is 52.8 Å². The predicted octanol–water partition coefficient (Wildman–Crippen LogP) is 6.31. The van der Waals surface area contributed by atoms with Crippen LogP contribution in [-0.4, -0.2) is 104 Å². The van der Waals surface area contributed by atoms with Gasteiger partial charge < -0.3 is 20.3 Å². The van der Waals surface area contributed by atoms with Crippen LogP contribution in [0.5, 0.6) is 6.01 Å². The van der Waals surface area contributed by atoms with Crippen LogP contribution < -0.4 is 15.4 Å². The molecule has 0 radical (unpaired) electrons. The van der Waals surface area contributed by atoms with Gasteiger partial charge in [0.15, 0.2) is 10.9 Å². The maximum absolute atomic E-state index is 16.9. The lowest BCUT2D eigenvalue weighted by Crippen LogP contribution is -2.44. The molecule has 0 aliphatic carbocycles. The number of nitrogen functional groups attached to an aromatic ring is 1. The van der Waals surface area contributed by atoms with E-state index < -0.39 is 48.4 Å². The third-order valence-electron chi connectivity index (χ3n) is 9.82. The van der Waals surface area contributed by atoms with E-state index in [0.717, 1.165) is 33.4 Å². The molecule has 18 heteroatoms. The summed E-state index contributed by atoms with van der Waals surface area (Å²) in [5.41, 5.74) is 5.75. The van der Waals surface area contributed by atoms with Gasteiger partial charge in [-0.25, -0.2) is 31.7 Å². The first kappa shape index (κ1) is 33.8.